The molecule has 21 heavy (non-hydrogen) atoms. The van der Waals surface area contributed by atoms with Crippen LogP contribution in [0.3, 0.4) is 0 Å². The Morgan fingerprint density at radius 2 is 2.19 bits per heavy atom. The number of pyridine rings is 1. The van der Waals surface area contributed by atoms with E-state index in [1.165, 1.54) is 0 Å². The number of halogens is 1. The van der Waals surface area contributed by atoms with Crippen LogP contribution in [-0.4, -0.2) is 40.8 Å². The highest BCUT2D eigenvalue weighted by molar-refractivity contribution is 7.13. The molecule has 5 N–H and O–H groups in total. The first-order valence-corrected chi connectivity index (χ1v) is 7.12. The van der Waals surface area contributed by atoms with Gasteiger partial charge < -0.3 is 11.5 Å². The number of hydrogen-bond acceptors (Lipinski definition) is 6. The van der Waals surface area contributed by atoms with E-state index in [1.807, 2.05) is 18.5 Å². The zero-order chi connectivity index (χ0) is 14.5. The van der Waals surface area contributed by atoms with Crippen molar-refractivity contribution in [1.82, 2.24) is 14.9 Å². The minimum absolute atomic E-state index is 0. The summed E-state index contributed by atoms with van der Waals surface area (Å²) < 4.78 is 0. The summed E-state index contributed by atoms with van der Waals surface area (Å²) in [6.07, 6.45) is 1.70. The molecule has 0 aliphatic heterocycles. The minimum atomic E-state index is -0.0280. The van der Waals surface area contributed by atoms with Crippen molar-refractivity contribution in [2.45, 2.75) is 6.54 Å². The third-order valence-corrected chi connectivity index (χ3v) is 3.72. The molecule has 0 aromatic carbocycles. The smallest absolute Gasteiger partial charge is 0.141 e. The third kappa shape index (κ3) is 4.75. The van der Waals surface area contributed by atoms with Gasteiger partial charge in [0.05, 0.1) is 5.69 Å². The van der Waals surface area contributed by atoms with E-state index in [-0.39, 0.29) is 18.2 Å². The number of nitrogens with one attached hydrogen (secondary N) is 1. The van der Waals surface area contributed by atoms with Crippen molar-refractivity contribution in [3.05, 3.63) is 35.1 Å². The van der Waals surface area contributed by atoms with Gasteiger partial charge in [0.2, 0.25) is 0 Å². The Labute approximate surface area is 134 Å². The maximum Gasteiger partial charge on any atom is 0.141 e. The fourth-order valence-electron chi connectivity index (χ4n) is 1.77. The molecule has 0 aliphatic carbocycles. The van der Waals surface area contributed by atoms with Gasteiger partial charge in [0.15, 0.2) is 0 Å². The number of rotatable bonds is 6. The van der Waals surface area contributed by atoms with Crippen LogP contribution in [0.5, 0.6) is 0 Å². The van der Waals surface area contributed by atoms with Gasteiger partial charge >= 0.3 is 0 Å². The quantitative estimate of drug-likeness (QED) is 0.548. The molecular formula is C13H19ClN6S. The molecular weight excluding hydrogens is 308 g/mol. The van der Waals surface area contributed by atoms with Gasteiger partial charge in [-0.25, -0.2) is 4.98 Å². The highest BCUT2D eigenvalue weighted by Gasteiger charge is 2.08. The van der Waals surface area contributed by atoms with Gasteiger partial charge in [0.25, 0.3) is 0 Å². The summed E-state index contributed by atoms with van der Waals surface area (Å²) in [4.78, 5) is 10.9. The van der Waals surface area contributed by atoms with Crippen molar-refractivity contribution in [3.63, 3.8) is 0 Å². The maximum absolute atomic E-state index is 7.32. The number of hydrogen-bond donors (Lipinski definition) is 3. The lowest BCUT2D eigenvalue weighted by atomic mass is 10.2. The molecule has 0 radical (unpaired) electrons. The van der Waals surface area contributed by atoms with Gasteiger partial charge in [-0.05, 0) is 19.2 Å². The predicted octanol–water partition coefficient (Wildman–Crippen LogP) is 1.30. The lowest BCUT2D eigenvalue weighted by Gasteiger charge is -2.12. The van der Waals surface area contributed by atoms with Gasteiger partial charge in [-0.1, -0.05) is 0 Å². The Balaban J connectivity index is 0.00000220. The van der Waals surface area contributed by atoms with Crippen LogP contribution in [-0.2, 0) is 6.54 Å². The summed E-state index contributed by atoms with van der Waals surface area (Å²) in [6.45, 7) is 2.28. The molecule has 0 saturated carbocycles. The average molecular weight is 327 g/mol. The highest BCUT2D eigenvalue weighted by atomic mass is 35.5. The monoisotopic (exact) mass is 326 g/mol. The molecule has 2 aromatic heterocycles. The Hall–Kier alpha value is -1.54. The van der Waals surface area contributed by atoms with E-state index < -0.39 is 0 Å². The molecule has 0 bridgehead atoms. The molecule has 0 fully saturated rings. The van der Waals surface area contributed by atoms with Gasteiger partial charge in [-0.15, -0.1) is 23.7 Å². The summed E-state index contributed by atoms with van der Waals surface area (Å²) in [7, 11) is 2.02. The second-order valence-corrected chi connectivity index (χ2v) is 5.37. The largest absolute Gasteiger partial charge is 0.382 e. The van der Waals surface area contributed by atoms with Gasteiger partial charge in [-0.3, -0.25) is 15.3 Å². The molecule has 0 unspecified atom stereocenters. The molecule has 2 rings (SSSR count). The second kappa shape index (κ2) is 8.04. The lowest BCUT2D eigenvalue weighted by molar-refractivity contribution is 0.333. The fourth-order valence-corrected chi connectivity index (χ4v) is 2.57. The van der Waals surface area contributed by atoms with Crippen LogP contribution in [0.1, 0.15) is 11.4 Å². The SMILES string of the molecule is CN(CCN)Cc1csc(-c2ccc(C(=N)N)nc2)n1.Cl. The zero-order valence-corrected chi connectivity index (χ0v) is 13.4. The van der Waals surface area contributed by atoms with Crippen molar-refractivity contribution < 1.29 is 0 Å². The third-order valence-electron chi connectivity index (χ3n) is 2.78. The van der Waals surface area contributed by atoms with E-state index in [4.69, 9.17) is 16.9 Å². The minimum Gasteiger partial charge on any atom is -0.382 e. The van der Waals surface area contributed by atoms with Crippen LogP contribution in [0.15, 0.2) is 23.7 Å². The topological polar surface area (TPSA) is 105 Å². The lowest BCUT2D eigenvalue weighted by Crippen LogP contribution is -2.25. The summed E-state index contributed by atoms with van der Waals surface area (Å²) in [6, 6.07) is 3.62. The Kier molecular flexibility index (Phi) is 6.70. The molecule has 2 heterocycles. The van der Waals surface area contributed by atoms with Crippen molar-refractivity contribution >= 4 is 29.6 Å². The summed E-state index contributed by atoms with van der Waals surface area (Å²) in [5.41, 5.74) is 13.3. The van der Waals surface area contributed by atoms with Crippen molar-refractivity contribution in [3.8, 4) is 10.6 Å². The van der Waals surface area contributed by atoms with Crippen molar-refractivity contribution in [1.29, 1.82) is 5.41 Å². The van der Waals surface area contributed by atoms with Gasteiger partial charge in [-0.2, -0.15) is 0 Å². The first-order chi connectivity index (χ1) is 9.60. The number of likely N-dealkylation sites (N-methyl/N-ethyl adjacent to an activating group) is 1. The number of amidine groups is 1. The van der Waals surface area contributed by atoms with Crippen LogP contribution in [0.2, 0.25) is 0 Å². The first-order valence-electron chi connectivity index (χ1n) is 6.24. The molecule has 0 atom stereocenters. The Morgan fingerprint density at radius 1 is 1.43 bits per heavy atom. The predicted molar refractivity (Wildman–Crippen MR) is 89.0 cm³/mol. The summed E-state index contributed by atoms with van der Waals surface area (Å²) in [5.74, 6) is -0.0280. The Bertz CT molecular complexity index is 583. The average Bonchev–Trinajstić information content (AvgIpc) is 2.87. The van der Waals surface area contributed by atoms with Crippen LogP contribution in [0, 0.1) is 5.41 Å². The van der Waals surface area contributed by atoms with Crippen LogP contribution >= 0.6 is 23.7 Å². The maximum atomic E-state index is 7.32. The van der Waals surface area contributed by atoms with Crippen LogP contribution < -0.4 is 11.5 Å². The Morgan fingerprint density at radius 3 is 2.76 bits per heavy atom. The van der Waals surface area contributed by atoms with E-state index in [1.54, 1.807) is 23.6 Å². The summed E-state index contributed by atoms with van der Waals surface area (Å²) >= 11 is 1.58. The highest BCUT2D eigenvalue weighted by Crippen LogP contribution is 2.23. The van der Waals surface area contributed by atoms with Gasteiger partial charge in [0.1, 0.15) is 16.5 Å². The first kappa shape index (κ1) is 17.5. The number of nitrogens with two attached hydrogens (primary N) is 2. The van der Waals surface area contributed by atoms with Crippen molar-refractivity contribution in [2.75, 3.05) is 20.1 Å². The molecule has 0 amide bonds. The number of nitrogens with zero attached hydrogens (tertiary/aromatic N) is 3. The van der Waals surface area contributed by atoms with E-state index >= 15 is 0 Å². The van der Waals surface area contributed by atoms with Crippen molar-refractivity contribution in [2.24, 2.45) is 11.5 Å². The van der Waals surface area contributed by atoms with E-state index in [9.17, 15) is 0 Å². The molecule has 114 valence electrons. The molecule has 8 heteroatoms. The molecule has 0 aliphatic rings. The van der Waals surface area contributed by atoms with E-state index in [2.05, 4.69) is 14.9 Å². The van der Waals surface area contributed by atoms with Crippen LogP contribution in [0.25, 0.3) is 10.6 Å². The molecule has 0 spiro atoms. The molecule has 6 nitrogen and oxygen atoms in total. The van der Waals surface area contributed by atoms with Crippen LogP contribution in [0.4, 0.5) is 0 Å². The zero-order valence-electron chi connectivity index (χ0n) is 11.7. The molecule has 0 saturated heterocycles. The second-order valence-electron chi connectivity index (χ2n) is 4.52. The molecule has 2 aromatic rings. The van der Waals surface area contributed by atoms with Gasteiger partial charge in [0, 0.05) is 36.8 Å². The number of thiazole rings is 1. The normalized spacial score (nSPS) is 10.4. The fraction of sp³-hybridized carbons (Fsp3) is 0.308. The standard InChI is InChI=1S/C13H18N6S.ClH/c1-19(5-4-14)7-10-8-20-13(18-10)9-2-3-11(12(15)16)17-6-9;/h2-3,6,8H,4-5,7,14H2,1H3,(H3,15,16);1H. The van der Waals surface area contributed by atoms with E-state index in [0.29, 0.717) is 12.2 Å². The summed E-state index contributed by atoms with van der Waals surface area (Å²) in [5, 5.41) is 10.3. The number of aromatic nitrogens is 2. The van der Waals surface area contributed by atoms with E-state index in [0.717, 1.165) is 29.4 Å². The number of nitrogen functional groups attached to an aromatic ring is 1.